The van der Waals surface area contributed by atoms with E-state index in [0.29, 0.717) is 6.54 Å². The van der Waals surface area contributed by atoms with Gasteiger partial charge in [0, 0.05) is 0 Å². The highest BCUT2D eigenvalue weighted by Crippen LogP contribution is 2.06. The Hall–Kier alpha value is -1.40. The van der Waals surface area contributed by atoms with Crippen LogP contribution in [0.4, 0.5) is 0 Å². The Morgan fingerprint density at radius 3 is 3.00 bits per heavy atom. The number of benzene rings is 1. The molecule has 0 aliphatic rings. The molecule has 0 unspecified atom stereocenters. The number of isocyanates is 1. The molecule has 1 aromatic rings. The van der Waals surface area contributed by atoms with E-state index < -0.39 is 0 Å². The van der Waals surface area contributed by atoms with Crippen molar-refractivity contribution in [1.29, 1.82) is 0 Å². The second-order valence-corrected chi connectivity index (χ2v) is 3.07. The van der Waals surface area contributed by atoms with E-state index in [4.69, 9.17) is 0 Å². The average Bonchev–Trinajstić information content (AvgIpc) is 2.13. The van der Waals surface area contributed by atoms with E-state index in [2.05, 4.69) is 30.1 Å². The van der Waals surface area contributed by atoms with Crippen LogP contribution in [0.5, 0.6) is 0 Å². The maximum atomic E-state index is 9.78. The number of hydrogen-bond acceptors (Lipinski definition) is 2. The van der Waals surface area contributed by atoms with E-state index in [0.717, 1.165) is 12.8 Å². The summed E-state index contributed by atoms with van der Waals surface area (Å²) < 4.78 is 0. The fourth-order valence-corrected chi connectivity index (χ4v) is 1.28. The van der Waals surface area contributed by atoms with Crippen molar-refractivity contribution in [2.24, 2.45) is 4.99 Å². The van der Waals surface area contributed by atoms with E-state index in [-0.39, 0.29) is 0 Å². The molecule has 1 aromatic carbocycles. The van der Waals surface area contributed by atoms with Gasteiger partial charge in [-0.2, -0.15) is 0 Å². The first-order valence-corrected chi connectivity index (χ1v) is 4.42. The average molecular weight is 175 g/mol. The first-order chi connectivity index (χ1) is 6.33. The molecule has 13 heavy (non-hydrogen) atoms. The monoisotopic (exact) mass is 175 g/mol. The second kappa shape index (κ2) is 5.28. The topological polar surface area (TPSA) is 29.4 Å². The number of nitrogens with zero attached hydrogens (tertiary/aromatic N) is 1. The molecule has 2 nitrogen and oxygen atoms in total. The van der Waals surface area contributed by atoms with Gasteiger partial charge in [-0.05, 0) is 25.3 Å². The molecule has 0 spiro atoms. The van der Waals surface area contributed by atoms with Crippen LogP contribution in [0.25, 0.3) is 0 Å². The molecule has 0 atom stereocenters. The first-order valence-electron chi connectivity index (χ1n) is 4.42. The molecule has 0 saturated carbocycles. The number of aliphatic imine (C=N–C) groups is 1. The van der Waals surface area contributed by atoms with Gasteiger partial charge in [-0.1, -0.05) is 29.8 Å². The zero-order valence-corrected chi connectivity index (χ0v) is 7.79. The molecule has 0 heterocycles. The lowest BCUT2D eigenvalue weighted by atomic mass is 10.1. The summed E-state index contributed by atoms with van der Waals surface area (Å²) in [6, 6.07) is 8.38. The molecule has 68 valence electrons. The molecule has 0 saturated heterocycles. The molecule has 0 aliphatic heterocycles. The summed E-state index contributed by atoms with van der Waals surface area (Å²) in [5, 5.41) is 0. The predicted molar refractivity (Wildman–Crippen MR) is 52.5 cm³/mol. The molecule has 0 N–H and O–H groups in total. The smallest absolute Gasteiger partial charge is 0.211 e. The van der Waals surface area contributed by atoms with Gasteiger partial charge in [0.05, 0.1) is 6.54 Å². The van der Waals surface area contributed by atoms with Crippen LogP contribution < -0.4 is 0 Å². The third kappa shape index (κ3) is 3.68. The van der Waals surface area contributed by atoms with Gasteiger partial charge in [-0.3, -0.25) is 0 Å². The van der Waals surface area contributed by atoms with Crippen molar-refractivity contribution < 1.29 is 4.79 Å². The van der Waals surface area contributed by atoms with Gasteiger partial charge in [0.15, 0.2) is 0 Å². The summed E-state index contributed by atoms with van der Waals surface area (Å²) in [4.78, 5) is 13.3. The summed E-state index contributed by atoms with van der Waals surface area (Å²) in [5.74, 6) is 0. The van der Waals surface area contributed by atoms with Crippen molar-refractivity contribution in [2.45, 2.75) is 19.8 Å². The summed E-state index contributed by atoms with van der Waals surface area (Å²) >= 11 is 0. The van der Waals surface area contributed by atoms with Crippen LogP contribution in [0.15, 0.2) is 29.3 Å². The van der Waals surface area contributed by atoms with Gasteiger partial charge in [-0.25, -0.2) is 9.79 Å². The maximum Gasteiger partial charge on any atom is 0.234 e. The molecule has 0 amide bonds. The van der Waals surface area contributed by atoms with Gasteiger partial charge in [0.25, 0.3) is 0 Å². The number of hydrogen-bond donors (Lipinski definition) is 0. The molecular formula is C11H13NO. The third-order valence-electron chi connectivity index (χ3n) is 1.88. The Labute approximate surface area is 78.3 Å². The summed E-state index contributed by atoms with van der Waals surface area (Å²) in [7, 11) is 0. The predicted octanol–water partition coefficient (Wildman–Crippen LogP) is 2.26. The summed E-state index contributed by atoms with van der Waals surface area (Å²) in [5.41, 5.74) is 2.58. The summed E-state index contributed by atoms with van der Waals surface area (Å²) in [6.45, 7) is 2.66. The molecule has 0 bridgehead atoms. The van der Waals surface area contributed by atoms with Crippen LogP contribution >= 0.6 is 0 Å². The lowest BCUT2D eigenvalue weighted by molar-refractivity contribution is 0.562. The van der Waals surface area contributed by atoms with Crippen molar-refractivity contribution >= 4 is 6.08 Å². The fourth-order valence-electron chi connectivity index (χ4n) is 1.28. The van der Waals surface area contributed by atoms with Crippen LogP contribution in [-0.2, 0) is 11.2 Å². The van der Waals surface area contributed by atoms with Crippen molar-refractivity contribution in [2.75, 3.05) is 6.54 Å². The van der Waals surface area contributed by atoms with Crippen LogP contribution in [0.2, 0.25) is 0 Å². The Kier molecular flexibility index (Phi) is 3.94. The lowest BCUT2D eigenvalue weighted by Crippen LogP contribution is -1.88. The number of carbonyl (C=O) groups excluding carboxylic acids is 1. The highest BCUT2D eigenvalue weighted by molar-refractivity contribution is 5.32. The first kappa shape index (κ1) is 9.69. The van der Waals surface area contributed by atoms with Crippen LogP contribution in [0, 0.1) is 6.92 Å². The van der Waals surface area contributed by atoms with E-state index >= 15 is 0 Å². The highest BCUT2D eigenvalue weighted by atomic mass is 16.1. The molecule has 0 aromatic heterocycles. The van der Waals surface area contributed by atoms with Gasteiger partial charge in [0.2, 0.25) is 6.08 Å². The Morgan fingerprint density at radius 2 is 2.31 bits per heavy atom. The Bertz CT molecular complexity index is 314. The third-order valence-corrected chi connectivity index (χ3v) is 1.88. The standard InChI is InChI=1S/C11H13NO/c1-10-4-2-5-11(8-10)6-3-7-12-9-13/h2,4-5,8H,3,6-7H2,1H3. The Morgan fingerprint density at radius 1 is 1.46 bits per heavy atom. The Balaban J connectivity index is 2.40. The van der Waals surface area contributed by atoms with Gasteiger partial charge in [-0.15, -0.1) is 0 Å². The van der Waals surface area contributed by atoms with Crippen molar-refractivity contribution in [1.82, 2.24) is 0 Å². The molecule has 1 rings (SSSR count). The maximum absolute atomic E-state index is 9.78. The van der Waals surface area contributed by atoms with Crippen LogP contribution in [0.1, 0.15) is 17.5 Å². The van der Waals surface area contributed by atoms with Crippen molar-refractivity contribution in [3.63, 3.8) is 0 Å². The van der Waals surface area contributed by atoms with E-state index in [1.807, 2.05) is 6.07 Å². The minimum absolute atomic E-state index is 0.581. The minimum atomic E-state index is 0.581. The van der Waals surface area contributed by atoms with Crippen LogP contribution in [-0.4, -0.2) is 12.6 Å². The molecular weight excluding hydrogens is 162 g/mol. The zero-order valence-electron chi connectivity index (χ0n) is 7.79. The van der Waals surface area contributed by atoms with E-state index in [9.17, 15) is 4.79 Å². The van der Waals surface area contributed by atoms with Crippen molar-refractivity contribution in [3.05, 3.63) is 35.4 Å². The van der Waals surface area contributed by atoms with E-state index in [1.165, 1.54) is 11.1 Å². The quantitative estimate of drug-likeness (QED) is 0.392. The number of rotatable bonds is 4. The van der Waals surface area contributed by atoms with Gasteiger partial charge < -0.3 is 0 Å². The van der Waals surface area contributed by atoms with Gasteiger partial charge >= 0.3 is 0 Å². The molecule has 0 fully saturated rings. The molecule has 2 heteroatoms. The molecule has 0 radical (unpaired) electrons. The van der Waals surface area contributed by atoms with Crippen molar-refractivity contribution in [3.8, 4) is 0 Å². The zero-order chi connectivity index (χ0) is 9.52. The highest BCUT2D eigenvalue weighted by Gasteiger charge is 1.92. The number of aryl methyl sites for hydroxylation is 2. The normalized spacial score (nSPS) is 9.31. The fraction of sp³-hybridized carbons (Fsp3) is 0.364. The lowest BCUT2D eigenvalue weighted by Gasteiger charge is -1.99. The summed E-state index contributed by atoms with van der Waals surface area (Å²) in [6.07, 6.45) is 3.43. The van der Waals surface area contributed by atoms with E-state index in [1.54, 1.807) is 6.08 Å². The van der Waals surface area contributed by atoms with Gasteiger partial charge in [0.1, 0.15) is 0 Å². The largest absolute Gasteiger partial charge is 0.234 e. The SMILES string of the molecule is Cc1cccc(CCCN=C=O)c1. The second-order valence-electron chi connectivity index (χ2n) is 3.07. The van der Waals surface area contributed by atoms with Crippen LogP contribution in [0.3, 0.4) is 0 Å². The molecule has 0 aliphatic carbocycles. The minimum Gasteiger partial charge on any atom is -0.211 e.